The largest absolute Gasteiger partial charge is 2.00 e. The first kappa shape index (κ1) is 29.8. The van der Waals surface area contributed by atoms with Crippen molar-refractivity contribution in [1.29, 1.82) is 0 Å². The summed E-state index contributed by atoms with van der Waals surface area (Å²) in [5, 5.41) is 36.4. The Bertz CT molecular complexity index is 1100. The van der Waals surface area contributed by atoms with E-state index in [-0.39, 0.29) is 27.3 Å². The normalized spacial score (nSPS) is 17.8. The summed E-state index contributed by atoms with van der Waals surface area (Å²) in [4.78, 5) is 32.4. The minimum Gasteiger partial charge on any atom is -0.356 e. The number of fused-ring (bicyclic) bond motifs is 2. The zero-order valence-corrected chi connectivity index (χ0v) is 24.0. The van der Waals surface area contributed by atoms with Crippen LogP contribution in [0.2, 0.25) is 0 Å². The van der Waals surface area contributed by atoms with E-state index in [2.05, 4.69) is 42.7 Å². The predicted molar refractivity (Wildman–Crippen MR) is 133 cm³/mol. The van der Waals surface area contributed by atoms with Gasteiger partial charge in [0, 0.05) is 0 Å². The van der Waals surface area contributed by atoms with Crippen LogP contribution in [0.1, 0.15) is 49.4 Å². The van der Waals surface area contributed by atoms with Gasteiger partial charge in [-0.25, -0.2) is 9.97 Å². The number of benzene rings is 2. The number of nitrogens with zero attached hydrogens (tertiary/aromatic N) is 4. The first-order chi connectivity index (χ1) is 17.3. The van der Waals surface area contributed by atoms with Crippen LogP contribution in [0.15, 0.2) is 48.5 Å². The molecule has 2 atom stereocenters. The minimum absolute atomic E-state index is 0. The molecule has 2 aliphatic heterocycles. The Labute approximate surface area is 231 Å². The van der Waals surface area contributed by atoms with Crippen molar-refractivity contribution >= 4 is 22.1 Å². The molecule has 0 radical (unpaired) electrons. The van der Waals surface area contributed by atoms with E-state index >= 15 is 0 Å². The van der Waals surface area contributed by atoms with Crippen molar-refractivity contribution in [1.82, 2.24) is 30.6 Å². The number of aromatic amines is 2. The molecule has 4 heterocycles. The Balaban J connectivity index is 0.000000199. The van der Waals surface area contributed by atoms with Crippen LogP contribution >= 0.6 is 0 Å². The summed E-state index contributed by atoms with van der Waals surface area (Å²) in [5.41, 5.74) is 4.40. The quantitative estimate of drug-likeness (QED) is 0.147. The molecule has 2 aliphatic rings. The van der Waals surface area contributed by atoms with E-state index in [1.165, 1.54) is 25.7 Å². The van der Waals surface area contributed by atoms with E-state index in [0.717, 1.165) is 46.8 Å². The van der Waals surface area contributed by atoms with Gasteiger partial charge in [0.1, 0.15) is 11.6 Å². The van der Waals surface area contributed by atoms with Crippen molar-refractivity contribution in [3.05, 3.63) is 90.8 Å². The first-order valence-electron chi connectivity index (χ1n) is 11.3. The number of H-pyrrole nitrogens is 2. The maximum absolute atomic E-state index is 8.25. The Morgan fingerprint density at radius 1 is 0.676 bits per heavy atom. The van der Waals surface area contributed by atoms with Gasteiger partial charge in [-0.2, -0.15) is 0 Å². The van der Waals surface area contributed by atoms with E-state index in [4.69, 9.17) is 30.6 Å². The van der Waals surface area contributed by atoms with E-state index in [9.17, 15) is 0 Å². The van der Waals surface area contributed by atoms with Crippen molar-refractivity contribution in [2.24, 2.45) is 0 Å². The number of para-hydroxylation sites is 4. The topological polar surface area (TPSA) is 214 Å². The monoisotopic (exact) mass is 612 g/mol. The van der Waals surface area contributed by atoms with Crippen LogP contribution in [0, 0.1) is 30.6 Å². The average Bonchev–Trinajstić information content (AvgIpc) is 3.64. The summed E-state index contributed by atoms with van der Waals surface area (Å²) in [6, 6.07) is 17.2. The second kappa shape index (κ2) is 15.0. The van der Waals surface area contributed by atoms with Crippen LogP contribution < -0.4 is 10.6 Å². The van der Waals surface area contributed by atoms with Gasteiger partial charge in [0.05, 0.1) is 44.3 Å². The van der Waals surface area contributed by atoms with Crippen LogP contribution in [0.4, 0.5) is 0 Å². The second-order valence-corrected chi connectivity index (χ2v) is 8.02. The van der Waals surface area contributed by atoms with E-state index < -0.39 is 10.2 Å². The number of hydrogen-bond donors (Lipinski definition) is 4. The molecule has 4 aromatic rings. The van der Waals surface area contributed by atoms with Gasteiger partial charge in [-0.05, 0) is 63.0 Å². The molecule has 0 bridgehead atoms. The van der Waals surface area contributed by atoms with E-state index in [1.807, 2.05) is 36.4 Å². The Kier molecular flexibility index (Phi) is 12.1. The van der Waals surface area contributed by atoms with Gasteiger partial charge in [-0.3, -0.25) is 0 Å². The fourth-order valence-corrected chi connectivity index (χ4v) is 4.11. The van der Waals surface area contributed by atoms with Gasteiger partial charge in [0.25, 0.3) is 0 Å². The molecule has 192 valence electrons. The molecule has 14 nitrogen and oxygen atoms in total. The first-order valence-corrected chi connectivity index (χ1v) is 11.3. The standard InChI is InChI=1S/2C11H13N3.Cd.2NO3/c2*1-2-5-9-8(4-1)13-11(14-9)10-6-3-7-12-10;;2*2-1(3)4/h2*1-2,4-5,10,12H,3,6-7H2,(H,13,14);;;/q;;+2;2*-1/t2*10-;;;/m10.../s1. The predicted octanol–water partition coefficient (Wildman–Crippen LogP) is 3.49. The van der Waals surface area contributed by atoms with Crippen LogP contribution in [-0.2, 0) is 27.3 Å². The zero-order chi connectivity index (χ0) is 25.9. The van der Waals surface area contributed by atoms with Crippen LogP contribution in [0.3, 0.4) is 0 Å². The number of rotatable bonds is 2. The molecular weight excluding hydrogens is 585 g/mol. The molecule has 0 saturated carbocycles. The number of aromatic nitrogens is 4. The van der Waals surface area contributed by atoms with E-state index in [0.29, 0.717) is 12.1 Å². The summed E-state index contributed by atoms with van der Waals surface area (Å²) in [6.45, 7) is 2.23. The van der Waals surface area contributed by atoms with Crippen LogP contribution in [0.5, 0.6) is 0 Å². The molecule has 6 rings (SSSR count). The smallest absolute Gasteiger partial charge is 0.356 e. The van der Waals surface area contributed by atoms with Gasteiger partial charge in [0.2, 0.25) is 0 Å². The third kappa shape index (κ3) is 9.54. The summed E-state index contributed by atoms with van der Waals surface area (Å²) in [7, 11) is 0. The molecule has 2 saturated heterocycles. The van der Waals surface area contributed by atoms with Crippen molar-refractivity contribution < 1.29 is 37.5 Å². The van der Waals surface area contributed by atoms with Gasteiger partial charge >= 0.3 is 27.3 Å². The minimum atomic E-state index is -1.75. The van der Waals surface area contributed by atoms with Crippen molar-refractivity contribution in [3.63, 3.8) is 0 Å². The molecular formula is C22H26CdN8O6. The molecule has 4 N–H and O–H groups in total. The molecule has 37 heavy (non-hydrogen) atoms. The molecule has 15 heteroatoms. The SMILES string of the molecule is O=[N+]([O-])[O-].O=[N+]([O-])[O-].[Cd+2].c1ccc2[nH]c([C@@H]3CCCN3)nc2c1.c1ccc2[nH]c([C@H]3CCCN3)nc2c1. The summed E-state index contributed by atoms with van der Waals surface area (Å²) in [6.07, 6.45) is 4.89. The third-order valence-electron chi connectivity index (χ3n) is 5.60. The Morgan fingerprint density at radius 3 is 1.32 bits per heavy atom. The Hall–Kier alpha value is -3.38. The molecule has 0 amide bonds. The fourth-order valence-electron chi connectivity index (χ4n) is 4.11. The van der Waals surface area contributed by atoms with Gasteiger partial charge in [-0.15, -0.1) is 0 Å². The van der Waals surface area contributed by atoms with Crippen molar-refractivity contribution in [3.8, 4) is 0 Å². The van der Waals surface area contributed by atoms with E-state index in [1.54, 1.807) is 0 Å². The number of nitrogens with one attached hydrogen (secondary N) is 4. The summed E-state index contributed by atoms with van der Waals surface area (Å²) in [5.74, 6) is 2.17. The average molecular weight is 611 g/mol. The van der Waals surface area contributed by atoms with Gasteiger partial charge in [-0.1, -0.05) is 24.3 Å². The van der Waals surface area contributed by atoms with Crippen LogP contribution in [0.25, 0.3) is 22.1 Å². The number of hydrogen-bond acceptors (Lipinski definition) is 10. The van der Waals surface area contributed by atoms with Crippen LogP contribution in [-0.4, -0.2) is 43.2 Å². The fraction of sp³-hybridized carbons (Fsp3) is 0.364. The molecule has 0 aliphatic carbocycles. The summed E-state index contributed by atoms with van der Waals surface area (Å²) >= 11 is 0. The van der Waals surface area contributed by atoms with Gasteiger partial charge < -0.3 is 51.2 Å². The molecule has 2 aromatic heterocycles. The molecule has 0 spiro atoms. The second-order valence-electron chi connectivity index (χ2n) is 8.02. The maximum atomic E-state index is 8.25. The maximum Gasteiger partial charge on any atom is 2.00 e. The van der Waals surface area contributed by atoms with Crippen molar-refractivity contribution in [2.45, 2.75) is 37.8 Å². The Morgan fingerprint density at radius 2 is 1.03 bits per heavy atom. The van der Waals surface area contributed by atoms with Gasteiger partial charge in [0.15, 0.2) is 0 Å². The zero-order valence-electron chi connectivity index (χ0n) is 20.0. The number of imidazole rings is 2. The molecule has 0 unspecified atom stereocenters. The molecule has 2 aromatic carbocycles. The van der Waals surface area contributed by atoms with Crippen molar-refractivity contribution in [2.75, 3.05) is 13.1 Å². The third-order valence-corrected chi connectivity index (χ3v) is 5.60. The summed E-state index contributed by atoms with van der Waals surface area (Å²) < 4.78 is 0. The molecule has 2 fully saturated rings.